The van der Waals surface area contributed by atoms with E-state index in [1.165, 1.54) is 23.3 Å². The minimum atomic E-state index is -0.994. The first-order chi connectivity index (χ1) is 7.22. The summed E-state index contributed by atoms with van der Waals surface area (Å²) >= 11 is 1.38. The number of nitrogens with zero attached hydrogens (tertiary/aromatic N) is 2. The number of carbonyl (C=O) groups is 1. The quantitative estimate of drug-likeness (QED) is 0.783. The maximum Gasteiger partial charge on any atom is 0.259 e. The number of benzene rings is 1. The van der Waals surface area contributed by atoms with E-state index in [4.69, 9.17) is 0 Å². The first-order valence-electron chi connectivity index (χ1n) is 4.40. The highest BCUT2D eigenvalue weighted by Gasteiger charge is 2.14. The molecule has 3 nitrogen and oxygen atoms in total. The zero-order chi connectivity index (χ0) is 10.8. The van der Waals surface area contributed by atoms with Gasteiger partial charge in [-0.1, -0.05) is 23.5 Å². The van der Waals surface area contributed by atoms with Crippen molar-refractivity contribution in [2.24, 2.45) is 0 Å². The van der Waals surface area contributed by atoms with Gasteiger partial charge in [-0.15, -0.1) is 0 Å². The molecule has 0 N–H and O–H groups in total. The maximum absolute atomic E-state index is 12.2. The number of alkyl halides is 1. The van der Waals surface area contributed by atoms with Gasteiger partial charge in [-0.25, -0.2) is 9.37 Å². The molecule has 0 spiro atoms. The summed E-state index contributed by atoms with van der Waals surface area (Å²) in [6.07, 6.45) is 0. The molecule has 1 aromatic heterocycles. The first-order valence-corrected chi connectivity index (χ1v) is 5.22. The van der Waals surface area contributed by atoms with Crippen molar-refractivity contribution >= 4 is 32.6 Å². The number of rotatable bonds is 2. The number of carbonyl (C=O) groups excluding carboxylic acids is 1. The van der Waals surface area contributed by atoms with Crippen LogP contribution in [0.2, 0.25) is 0 Å². The van der Waals surface area contributed by atoms with Gasteiger partial charge in [-0.3, -0.25) is 9.69 Å². The standard InChI is InChI=1S/C10H9FN2OS/c1-13(9(14)6-11)10-12-7-4-2-3-5-8(7)15-10/h2-5H,6H2,1H3. The van der Waals surface area contributed by atoms with Gasteiger partial charge in [0.15, 0.2) is 11.8 Å². The van der Waals surface area contributed by atoms with Crippen molar-refractivity contribution in [1.82, 2.24) is 4.98 Å². The van der Waals surface area contributed by atoms with Gasteiger partial charge in [0.25, 0.3) is 5.91 Å². The summed E-state index contributed by atoms with van der Waals surface area (Å²) in [5.74, 6) is -0.575. The van der Waals surface area contributed by atoms with Gasteiger partial charge >= 0.3 is 0 Å². The summed E-state index contributed by atoms with van der Waals surface area (Å²) in [5.41, 5.74) is 0.830. The van der Waals surface area contributed by atoms with Crippen LogP contribution in [0.5, 0.6) is 0 Å². The highest BCUT2D eigenvalue weighted by molar-refractivity contribution is 7.22. The van der Waals surface area contributed by atoms with Gasteiger partial charge in [0.05, 0.1) is 10.2 Å². The second-order valence-electron chi connectivity index (χ2n) is 3.05. The van der Waals surface area contributed by atoms with Gasteiger partial charge in [0.2, 0.25) is 0 Å². The fourth-order valence-corrected chi connectivity index (χ4v) is 2.14. The Bertz CT molecular complexity index is 464. The van der Waals surface area contributed by atoms with E-state index < -0.39 is 12.6 Å². The Morgan fingerprint density at radius 3 is 2.93 bits per heavy atom. The number of aromatic nitrogens is 1. The summed E-state index contributed by atoms with van der Waals surface area (Å²) in [4.78, 5) is 16.6. The van der Waals surface area contributed by atoms with Crippen LogP contribution in [-0.4, -0.2) is 24.6 Å². The third kappa shape index (κ3) is 1.83. The third-order valence-corrected chi connectivity index (χ3v) is 3.17. The summed E-state index contributed by atoms with van der Waals surface area (Å²) in [5, 5.41) is 0.527. The smallest absolute Gasteiger partial charge is 0.259 e. The fraction of sp³-hybridized carbons (Fsp3) is 0.200. The molecule has 0 saturated heterocycles. The molecule has 0 atom stereocenters. The van der Waals surface area contributed by atoms with Crippen LogP contribution in [0.15, 0.2) is 24.3 Å². The summed E-state index contributed by atoms with van der Waals surface area (Å²) in [7, 11) is 1.53. The molecule has 15 heavy (non-hydrogen) atoms. The number of hydrogen-bond donors (Lipinski definition) is 0. The molecule has 0 saturated carbocycles. The Balaban J connectivity index is 2.40. The molecule has 1 amide bonds. The first kappa shape index (κ1) is 10.0. The van der Waals surface area contributed by atoms with Crippen LogP contribution in [-0.2, 0) is 4.79 Å². The highest BCUT2D eigenvalue weighted by atomic mass is 32.1. The van der Waals surface area contributed by atoms with Gasteiger partial charge in [-0.05, 0) is 12.1 Å². The molecular formula is C10H9FN2OS. The molecule has 1 heterocycles. The Labute approximate surface area is 90.2 Å². The van der Waals surface area contributed by atoms with E-state index in [0.717, 1.165) is 10.2 Å². The van der Waals surface area contributed by atoms with Gasteiger partial charge < -0.3 is 0 Å². The second kappa shape index (κ2) is 3.94. The molecule has 5 heteroatoms. The molecule has 1 aromatic carbocycles. The predicted molar refractivity (Wildman–Crippen MR) is 59.0 cm³/mol. The molecule has 0 bridgehead atoms. The van der Waals surface area contributed by atoms with Crippen LogP contribution in [0.1, 0.15) is 0 Å². The summed E-state index contributed by atoms with van der Waals surface area (Å²) in [6.45, 7) is -0.994. The van der Waals surface area contributed by atoms with E-state index in [1.54, 1.807) is 0 Å². The molecule has 0 aliphatic carbocycles. The lowest BCUT2D eigenvalue weighted by molar-refractivity contribution is -0.119. The van der Waals surface area contributed by atoms with Gasteiger partial charge in [0, 0.05) is 7.05 Å². The monoisotopic (exact) mass is 224 g/mol. The third-order valence-electron chi connectivity index (χ3n) is 2.06. The highest BCUT2D eigenvalue weighted by Crippen LogP contribution is 2.27. The van der Waals surface area contributed by atoms with E-state index in [-0.39, 0.29) is 0 Å². The van der Waals surface area contributed by atoms with E-state index in [1.807, 2.05) is 24.3 Å². The van der Waals surface area contributed by atoms with E-state index in [0.29, 0.717) is 5.13 Å². The fourth-order valence-electron chi connectivity index (χ4n) is 1.20. The Morgan fingerprint density at radius 1 is 1.53 bits per heavy atom. The molecule has 0 aliphatic heterocycles. The van der Waals surface area contributed by atoms with Crippen molar-refractivity contribution in [1.29, 1.82) is 0 Å². The Kier molecular flexibility index (Phi) is 2.64. The zero-order valence-corrected chi connectivity index (χ0v) is 8.92. The molecule has 0 radical (unpaired) electrons. The summed E-state index contributed by atoms with van der Waals surface area (Å²) in [6, 6.07) is 7.57. The summed E-state index contributed by atoms with van der Waals surface area (Å²) < 4.78 is 13.2. The molecule has 2 aromatic rings. The number of fused-ring (bicyclic) bond motifs is 1. The van der Waals surface area contributed by atoms with E-state index in [2.05, 4.69) is 4.98 Å². The number of para-hydroxylation sites is 1. The van der Waals surface area contributed by atoms with Crippen molar-refractivity contribution in [3.8, 4) is 0 Å². The molecule has 0 aliphatic rings. The van der Waals surface area contributed by atoms with Crippen molar-refractivity contribution in [3.63, 3.8) is 0 Å². The van der Waals surface area contributed by atoms with E-state index in [9.17, 15) is 9.18 Å². The average molecular weight is 224 g/mol. The zero-order valence-electron chi connectivity index (χ0n) is 8.11. The molecule has 78 valence electrons. The van der Waals surface area contributed by atoms with Gasteiger partial charge in [0.1, 0.15) is 0 Å². The van der Waals surface area contributed by atoms with Crippen LogP contribution in [0.4, 0.5) is 9.52 Å². The number of halogens is 1. The SMILES string of the molecule is CN(C(=O)CF)c1nc2ccccc2s1. The van der Waals surface area contributed by atoms with Crippen molar-refractivity contribution in [3.05, 3.63) is 24.3 Å². The van der Waals surface area contributed by atoms with Crippen LogP contribution >= 0.6 is 11.3 Å². The van der Waals surface area contributed by atoms with Crippen molar-refractivity contribution < 1.29 is 9.18 Å². The number of thiazole rings is 1. The lowest BCUT2D eigenvalue weighted by Gasteiger charge is -2.10. The normalized spacial score (nSPS) is 10.5. The van der Waals surface area contributed by atoms with Crippen LogP contribution in [0.25, 0.3) is 10.2 Å². The topological polar surface area (TPSA) is 33.2 Å². The Morgan fingerprint density at radius 2 is 2.27 bits per heavy atom. The lowest BCUT2D eigenvalue weighted by Crippen LogP contribution is -2.27. The number of amides is 1. The molecule has 0 unspecified atom stereocenters. The molecule has 0 fully saturated rings. The van der Waals surface area contributed by atoms with Crippen molar-refractivity contribution in [2.75, 3.05) is 18.6 Å². The van der Waals surface area contributed by atoms with E-state index >= 15 is 0 Å². The number of hydrogen-bond acceptors (Lipinski definition) is 3. The number of anilines is 1. The Hall–Kier alpha value is -1.49. The second-order valence-corrected chi connectivity index (χ2v) is 4.06. The lowest BCUT2D eigenvalue weighted by atomic mass is 10.3. The molecular weight excluding hydrogens is 215 g/mol. The minimum absolute atomic E-state index is 0.527. The van der Waals surface area contributed by atoms with Gasteiger partial charge in [-0.2, -0.15) is 0 Å². The molecule has 2 rings (SSSR count). The van der Waals surface area contributed by atoms with Crippen molar-refractivity contribution in [2.45, 2.75) is 0 Å². The minimum Gasteiger partial charge on any atom is -0.289 e. The average Bonchev–Trinajstić information content (AvgIpc) is 2.70. The van der Waals surface area contributed by atoms with Crippen LogP contribution in [0.3, 0.4) is 0 Å². The van der Waals surface area contributed by atoms with Crippen LogP contribution in [0, 0.1) is 0 Å². The maximum atomic E-state index is 12.2. The van der Waals surface area contributed by atoms with Crippen LogP contribution < -0.4 is 4.90 Å². The predicted octanol–water partition coefficient (Wildman–Crippen LogP) is 2.23. The largest absolute Gasteiger partial charge is 0.289 e.